The Kier molecular flexibility index (Phi) is 5.68. The van der Waals surface area contributed by atoms with Crippen molar-refractivity contribution >= 4 is 11.6 Å². The molecule has 0 fully saturated rings. The molecule has 1 N–H and O–H groups in total. The number of hydrogen-bond acceptors (Lipinski definition) is 5. The second-order valence-corrected chi connectivity index (χ2v) is 4.59. The number of hydrogen-bond donors (Lipinski definition) is 1. The van der Waals surface area contributed by atoms with Crippen molar-refractivity contribution in [3.8, 4) is 23.0 Å². The van der Waals surface area contributed by atoms with Crippen LogP contribution in [0.1, 0.15) is 0 Å². The van der Waals surface area contributed by atoms with Crippen molar-refractivity contribution in [3.63, 3.8) is 0 Å². The first kappa shape index (κ1) is 16.5. The van der Waals surface area contributed by atoms with E-state index in [1.807, 2.05) is 12.1 Å². The highest BCUT2D eigenvalue weighted by atomic mass is 16.5. The van der Waals surface area contributed by atoms with Crippen molar-refractivity contribution in [3.05, 3.63) is 42.5 Å². The molecule has 0 aliphatic heterocycles. The van der Waals surface area contributed by atoms with Crippen LogP contribution < -0.4 is 24.3 Å². The minimum Gasteiger partial charge on any atom is -0.497 e. The van der Waals surface area contributed by atoms with E-state index in [0.29, 0.717) is 28.7 Å². The topological polar surface area (TPSA) is 66.0 Å². The number of ether oxygens (including phenoxy) is 4. The average Bonchev–Trinajstić information content (AvgIpc) is 2.59. The minimum atomic E-state index is -0.300. The van der Waals surface area contributed by atoms with Crippen molar-refractivity contribution in [2.45, 2.75) is 0 Å². The SMILES string of the molecule is COc1cc(NC(=O)COc2ccccc2OC)cc(OC)c1. The van der Waals surface area contributed by atoms with Crippen LogP contribution in [0.5, 0.6) is 23.0 Å². The molecule has 0 aliphatic rings. The molecule has 122 valence electrons. The van der Waals surface area contributed by atoms with E-state index in [1.165, 1.54) is 0 Å². The molecule has 6 heteroatoms. The zero-order valence-electron chi connectivity index (χ0n) is 13.3. The van der Waals surface area contributed by atoms with E-state index in [4.69, 9.17) is 18.9 Å². The molecule has 0 saturated carbocycles. The van der Waals surface area contributed by atoms with Crippen molar-refractivity contribution < 1.29 is 23.7 Å². The summed E-state index contributed by atoms with van der Waals surface area (Å²) in [4.78, 5) is 12.0. The van der Waals surface area contributed by atoms with Gasteiger partial charge < -0.3 is 24.3 Å². The van der Waals surface area contributed by atoms with Gasteiger partial charge in [0.25, 0.3) is 5.91 Å². The van der Waals surface area contributed by atoms with Gasteiger partial charge >= 0.3 is 0 Å². The maximum absolute atomic E-state index is 12.0. The third-order valence-electron chi connectivity index (χ3n) is 3.06. The van der Waals surface area contributed by atoms with E-state index < -0.39 is 0 Å². The standard InChI is InChI=1S/C17H19NO5/c1-20-13-8-12(9-14(10-13)21-2)18-17(19)11-23-16-7-5-4-6-15(16)22-3/h4-10H,11H2,1-3H3,(H,18,19). The summed E-state index contributed by atoms with van der Waals surface area (Å²) in [6.07, 6.45) is 0. The van der Waals surface area contributed by atoms with Crippen LogP contribution in [0.15, 0.2) is 42.5 Å². The predicted molar refractivity (Wildman–Crippen MR) is 86.7 cm³/mol. The second kappa shape index (κ2) is 7.93. The molecule has 2 rings (SSSR count). The normalized spacial score (nSPS) is 9.87. The number of nitrogens with one attached hydrogen (secondary N) is 1. The minimum absolute atomic E-state index is 0.139. The Morgan fingerprint density at radius 1 is 0.913 bits per heavy atom. The molecule has 2 aromatic carbocycles. The Bertz CT molecular complexity index is 650. The Morgan fingerprint density at radius 2 is 1.52 bits per heavy atom. The molecule has 0 bridgehead atoms. The van der Waals surface area contributed by atoms with Crippen LogP contribution in [-0.4, -0.2) is 33.8 Å². The van der Waals surface area contributed by atoms with Crippen LogP contribution in [0.4, 0.5) is 5.69 Å². The van der Waals surface area contributed by atoms with Gasteiger partial charge in [-0.3, -0.25) is 4.79 Å². The zero-order valence-corrected chi connectivity index (χ0v) is 13.3. The number of carbonyl (C=O) groups is 1. The van der Waals surface area contributed by atoms with Gasteiger partial charge in [0.1, 0.15) is 11.5 Å². The quantitative estimate of drug-likeness (QED) is 0.850. The lowest BCUT2D eigenvalue weighted by Gasteiger charge is -2.12. The van der Waals surface area contributed by atoms with Gasteiger partial charge in [-0.05, 0) is 12.1 Å². The Labute approximate surface area is 134 Å². The van der Waals surface area contributed by atoms with Crippen LogP contribution in [0, 0.1) is 0 Å². The largest absolute Gasteiger partial charge is 0.497 e. The highest BCUT2D eigenvalue weighted by Crippen LogP contribution is 2.27. The van der Waals surface area contributed by atoms with Crippen molar-refractivity contribution in [1.29, 1.82) is 0 Å². The fraction of sp³-hybridized carbons (Fsp3) is 0.235. The van der Waals surface area contributed by atoms with Gasteiger partial charge in [0.15, 0.2) is 18.1 Å². The number of carbonyl (C=O) groups excluding carboxylic acids is 1. The van der Waals surface area contributed by atoms with Gasteiger partial charge in [0, 0.05) is 23.9 Å². The molecule has 1 amide bonds. The second-order valence-electron chi connectivity index (χ2n) is 4.59. The highest BCUT2D eigenvalue weighted by molar-refractivity contribution is 5.92. The number of rotatable bonds is 7. The summed E-state index contributed by atoms with van der Waals surface area (Å²) in [5, 5.41) is 2.73. The Hall–Kier alpha value is -2.89. The molecule has 0 atom stereocenters. The maximum Gasteiger partial charge on any atom is 0.262 e. The van der Waals surface area contributed by atoms with Gasteiger partial charge in [-0.2, -0.15) is 0 Å². The van der Waals surface area contributed by atoms with Gasteiger partial charge in [0.05, 0.1) is 21.3 Å². The van der Waals surface area contributed by atoms with Crippen molar-refractivity contribution in [2.24, 2.45) is 0 Å². The number of amides is 1. The number of para-hydroxylation sites is 2. The van der Waals surface area contributed by atoms with Crippen molar-refractivity contribution in [2.75, 3.05) is 33.3 Å². The molecule has 23 heavy (non-hydrogen) atoms. The Balaban J connectivity index is 1.99. The summed E-state index contributed by atoms with van der Waals surface area (Å²) >= 11 is 0. The van der Waals surface area contributed by atoms with Crippen LogP contribution in [0.3, 0.4) is 0 Å². The van der Waals surface area contributed by atoms with Gasteiger partial charge in [-0.25, -0.2) is 0 Å². The lowest BCUT2D eigenvalue weighted by Crippen LogP contribution is -2.20. The summed E-state index contributed by atoms with van der Waals surface area (Å²) in [7, 11) is 4.64. The van der Waals surface area contributed by atoms with Gasteiger partial charge in [-0.1, -0.05) is 12.1 Å². The first-order valence-electron chi connectivity index (χ1n) is 6.95. The molecular formula is C17H19NO5. The zero-order chi connectivity index (χ0) is 16.7. The van der Waals surface area contributed by atoms with Crippen LogP contribution >= 0.6 is 0 Å². The Morgan fingerprint density at radius 3 is 2.09 bits per heavy atom. The summed E-state index contributed by atoms with van der Waals surface area (Å²) < 4.78 is 21.0. The van der Waals surface area contributed by atoms with E-state index in [2.05, 4.69) is 5.32 Å². The van der Waals surface area contributed by atoms with Gasteiger partial charge in [0.2, 0.25) is 0 Å². The molecule has 0 spiro atoms. The van der Waals surface area contributed by atoms with E-state index in [1.54, 1.807) is 51.7 Å². The van der Waals surface area contributed by atoms with E-state index in [0.717, 1.165) is 0 Å². The number of anilines is 1. The summed E-state index contributed by atoms with van der Waals surface area (Å²) in [5.74, 6) is 1.96. The fourth-order valence-corrected chi connectivity index (χ4v) is 1.96. The van der Waals surface area contributed by atoms with Crippen LogP contribution in [0.2, 0.25) is 0 Å². The van der Waals surface area contributed by atoms with Crippen molar-refractivity contribution in [1.82, 2.24) is 0 Å². The monoisotopic (exact) mass is 317 g/mol. The fourth-order valence-electron chi connectivity index (χ4n) is 1.96. The van der Waals surface area contributed by atoms with Gasteiger partial charge in [-0.15, -0.1) is 0 Å². The van der Waals surface area contributed by atoms with E-state index in [9.17, 15) is 4.79 Å². The highest BCUT2D eigenvalue weighted by Gasteiger charge is 2.09. The smallest absolute Gasteiger partial charge is 0.262 e. The summed E-state index contributed by atoms with van der Waals surface area (Å²) in [6, 6.07) is 12.3. The molecule has 0 unspecified atom stereocenters. The molecule has 2 aromatic rings. The molecular weight excluding hydrogens is 298 g/mol. The molecule has 0 saturated heterocycles. The molecule has 0 aromatic heterocycles. The summed E-state index contributed by atoms with van der Waals surface area (Å²) in [6.45, 7) is -0.139. The average molecular weight is 317 g/mol. The lowest BCUT2D eigenvalue weighted by molar-refractivity contribution is -0.118. The lowest BCUT2D eigenvalue weighted by atomic mass is 10.2. The number of benzene rings is 2. The van der Waals surface area contributed by atoms with E-state index >= 15 is 0 Å². The predicted octanol–water partition coefficient (Wildman–Crippen LogP) is 2.73. The van der Waals surface area contributed by atoms with Crippen LogP contribution in [-0.2, 0) is 4.79 Å². The number of methoxy groups -OCH3 is 3. The molecule has 6 nitrogen and oxygen atoms in total. The van der Waals surface area contributed by atoms with Crippen LogP contribution in [0.25, 0.3) is 0 Å². The third-order valence-corrected chi connectivity index (χ3v) is 3.06. The summed E-state index contributed by atoms with van der Waals surface area (Å²) in [5.41, 5.74) is 0.565. The molecule has 0 heterocycles. The van der Waals surface area contributed by atoms with E-state index in [-0.39, 0.29) is 12.5 Å². The maximum atomic E-state index is 12.0. The molecule has 0 radical (unpaired) electrons. The third kappa shape index (κ3) is 4.54. The first-order chi connectivity index (χ1) is 11.2. The first-order valence-corrected chi connectivity index (χ1v) is 6.95. The molecule has 0 aliphatic carbocycles.